The molecule has 32 heavy (non-hydrogen) atoms. The van der Waals surface area contributed by atoms with E-state index in [1.807, 2.05) is 9.80 Å². The molecule has 2 fully saturated rings. The Balaban J connectivity index is 1.54. The Morgan fingerprint density at radius 1 is 1.22 bits per heavy atom. The molecule has 3 aliphatic heterocycles. The lowest BCUT2D eigenvalue weighted by atomic mass is 10.1. The Morgan fingerprint density at radius 2 is 1.94 bits per heavy atom. The molecule has 0 radical (unpaired) electrons. The van der Waals surface area contributed by atoms with E-state index < -0.39 is 24.1 Å². The van der Waals surface area contributed by atoms with E-state index in [2.05, 4.69) is 5.32 Å². The van der Waals surface area contributed by atoms with Crippen LogP contribution in [0.1, 0.15) is 12.5 Å². The van der Waals surface area contributed by atoms with Crippen molar-refractivity contribution in [2.45, 2.75) is 25.7 Å². The summed E-state index contributed by atoms with van der Waals surface area (Å²) in [4.78, 5) is 48.5. The molecule has 0 aliphatic carbocycles. The van der Waals surface area contributed by atoms with Crippen LogP contribution in [0.3, 0.4) is 0 Å². The number of amides is 3. The number of fused-ring (bicyclic) bond motifs is 1. The van der Waals surface area contributed by atoms with Crippen LogP contribution in [0.5, 0.6) is 0 Å². The van der Waals surface area contributed by atoms with Crippen molar-refractivity contribution < 1.29 is 23.5 Å². The molecule has 4 rings (SSSR count). The molecule has 2 unspecified atom stereocenters. The third-order valence-corrected chi connectivity index (χ3v) is 5.95. The SMILES string of the molecule is CCOC(=O)CN1CCN(C2=NC3C(C(=O)NC(=O)N3C)N2Cc2ccccc2F)CC1. The maximum absolute atomic E-state index is 14.4. The lowest BCUT2D eigenvalue weighted by Gasteiger charge is -2.40. The largest absolute Gasteiger partial charge is 0.465 e. The number of aliphatic imine (C=N–C) groups is 1. The van der Waals surface area contributed by atoms with Gasteiger partial charge in [0.1, 0.15) is 5.82 Å². The number of rotatable bonds is 5. The fourth-order valence-electron chi connectivity index (χ4n) is 4.25. The number of nitrogens with one attached hydrogen (secondary N) is 1. The Bertz CT molecular complexity index is 933. The van der Waals surface area contributed by atoms with Gasteiger partial charge in [-0.3, -0.25) is 19.8 Å². The van der Waals surface area contributed by atoms with Crippen molar-refractivity contribution in [3.63, 3.8) is 0 Å². The van der Waals surface area contributed by atoms with Gasteiger partial charge in [0, 0.05) is 45.3 Å². The zero-order chi connectivity index (χ0) is 22.8. The van der Waals surface area contributed by atoms with E-state index in [4.69, 9.17) is 9.73 Å². The minimum Gasteiger partial charge on any atom is -0.465 e. The van der Waals surface area contributed by atoms with Crippen LogP contribution in [0.2, 0.25) is 0 Å². The summed E-state index contributed by atoms with van der Waals surface area (Å²) in [6, 6.07) is 5.16. The number of hydrogen-bond acceptors (Lipinski definition) is 8. The number of likely N-dealkylation sites (N-methyl/N-ethyl adjacent to an activating group) is 1. The van der Waals surface area contributed by atoms with E-state index in [9.17, 15) is 18.8 Å². The van der Waals surface area contributed by atoms with Crippen molar-refractivity contribution in [1.29, 1.82) is 0 Å². The molecule has 1 aromatic carbocycles. The van der Waals surface area contributed by atoms with E-state index in [-0.39, 0.29) is 24.9 Å². The zero-order valence-corrected chi connectivity index (χ0v) is 18.2. The van der Waals surface area contributed by atoms with Gasteiger partial charge in [-0.2, -0.15) is 0 Å². The van der Waals surface area contributed by atoms with Crippen LogP contribution >= 0.6 is 0 Å². The lowest BCUT2D eigenvalue weighted by Crippen LogP contribution is -2.64. The van der Waals surface area contributed by atoms with Gasteiger partial charge < -0.3 is 19.4 Å². The Morgan fingerprint density at radius 3 is 2.62 bits per heavy atom. The summed E-state index contributed by atoms with van der Waals surface area (Å²) in [7, 11) is 1.59. The highest BCUT2D eigenvalue weighted by Gasteiger charge is 2.50. The highest BCUT2D eigenvalue weighted by molar-refractivity contribution is 6.03. The number of guanidine groups is 1. The lowest BCUT2D eigenvalue weighted by molar-refractivity contribution is -0.144. The number of halogens is 1. The number of esters is 1. The fraction of sp³-hybridized carbons (Fsp3) is 0.524. The summed E-state index contributed by atoms with van der Waals surface area (Å²) in [5, 5.41) is 2.36. The number of urea groups is 1. The van der Waals surface area contributed by atoms with E-state index in [1.165, 1.54) is 11.0 Å². The molecular formula is C21H27FN6O4. The predicted octanol–water partition coefficient (Wildman–Crippen LogP) is 0.0543. The molecule has 0 aromatic heterocycles. The second-order valence-electron chi connectivity index (χ2n) is 7.98. The first kappa shape index (κ1) is 22.0. The molecule has 3 heterocycles. The topological polar surface area (TPSA) is 97.8 Å². The Labute approximate surface area is 185 Å². The highest BCUT2D eigenvalue weighted by atomic mass is 19.1. The average Bonchev–Trinajstić information content (AvgIpc) is 3.14. The van der Waals surface area contributed by atoms with Crippen LogP contribution in [-0.4, -0.2) is 102 Å². The van der Waals surface area contributed by atoms with Crippen LogP contribution in [0.25, 0.3) is 0 Å². The molecule has 2 atom stereocenters. The first-order chi connectivity index (χ1) is 15.4. The highest BCUT2D eigenvalue weighted by Crippen LogP contribution is 2.28. The van der Waals surface area contributed by atoms with E-state index in [0.29, 0.717) is 44.3 Å². The van der Waals surface area contributed by atoms with Crippen molar-refractivity contribution in [1.82, 2.24) is 24.9 Å². The van der Waals surface area contributed by atoms with Gasteiger partial charge in [0.15, 0.2) is 18.2 Å². The fourth-order valence-corrected chi connectivity index (χ4v) is 4.25. The monoisotopic (exact) mass is 446 g/mol. The van der Waals surface area contributed by atoms with E-state index >= 15 is 0 Å². The van der Waals surface area contributed by atoms with Crippen molar-refractivity contribution >= 4 is 23.9 Å². The molecule has 0 bridgehead atoms. The number of benzene rings is 1. The number of nitrogens with zero attached hydrogens (tertiary/aromatic N) is 5. The van der Waals surface area contributed by atoms with Crippen molar-refractivity contribution in [2.24, 2.45) is 4.99 Å². The number of piperazine rings is 1. The van der Waals surface area contributed by atoms with Gasteiger partial charge in [0.05, 0.1) is 13.2 Å². The maximum atomic E-state index is 14.4. The summed E-state index contributed by atoms with van der Waals surface area (Å²) in [6.45, 7) is 4.86. The molecule has 0 spiro atoms. The molecule has 3 aliphatic rings. The van der Waals surface area contributed by atoms with Crippen molar-refractivity contribution in [2.75, 3.05) is 46.4 Å². The summed E-state index contributed by atoms with van der Waals surface area (Å²) < 4.78 is 19.4. The second-order valence-corrected chi connectivity index (χ2v) is 7.98. The molecule has 1 N–H and O–H groups in total. The van der Waals surface area contributed by atoms with Crippen molar-refractivity contribution in [3.05, 3.63) is 35.6 Å². The Kier molecular flexibility index (Phi) is 6.26. The first-order valence-electron chi connectivity index (χ1n) is 10.7. The van der Waals surface area contributed by atoms with Gasteiger partial charge in [-0.05, 0) is 13.0 Å². The first-order valence-corrected chi connectivity index (χ1v) is 10.7. The van der Waals surface area contributed by atoms with E-state index in [0.717, 1.165) is 0 Å². The van der Waals surface area contributed by atoms with Gasteiger partial charge in [-0.25, -0.2) is 14.2 Å². The third-order valence-electron chi connectivity index (χ3n) is 5.95. The van der Waals surface area contributed by atoms with Gasteiger partial charge in [0.25, 0.3) is 5.91 Å². The van der Waals surface area contributed by atoms with Crippen LogP contribution in [-0.2, 0) is 20.9 Å². The second kappa shape index (κ2) is 9.11. The number of carbonyl (C=O) groups is 3. The van der Waals surface area contributed by atoms with Crippen LogP contribution in [0.15, 0.2) is 29.3 Å². The standard InChI is InChI=1S/C21H27FN6O4/c1-3-32-16(29)13-26-8-10-27(11-9-26)20-23-18-17(19(30)24-21(31)25(18)2)28(20)12-14-6-4-5-7-15(14)22/h4-7,17-18H,3,8-13H2,1-2H3,(H,24,30,31). The summed E-state index contributed by atoms with van der Waals surface area (Å²) in [5.41, 5.74) is 0.439. The molecule has 11 heteroatoms. The smallest absolute Gasteiger partial charge is 0.325 e. The number of hydrogen-bond donors (Lipinski definition) is 1. The quantitative estimate of drug-likeness (QED) is 0.639. The minimum atomic E-state index is -0.745. The summed E-state index contributed by atoms with van der Waals surface area (Å²) >= 11 is 0. The van der Waals surface area contributed by atoms with Crippen molar-refractivity contribution in [3.8, 4) is 0 Å². The summed E-state index contributed by atoms with van der Waals surface area (Å²) in [5.74, 6) is -0.525. The van der Waals surface area contributed by atoms with Crippen LogP contribution in [0, 0.1) is 5.82 Å². The van der Waals surface area contributed by atoms with Gasteiger partial charge in [-0.15, -0.1) is 0 Å². The molecule has 3 amide bonds. The van der Waals surface area contributed by atoms with Gasteiger partial charge in [0.2, 0.25) is 0 Å². The molecule has 10 nitrogen and oxygen atoms in total. The molecule has 1 aromatic rings. The summed E-state index contributed by atoms with van der Waals surface area (Å²) in [6.07, 6.45) is -0.685. The average molecular weight is 446 g/mol. The Hall–Kier alpha value is -3.21. The maximum Gasteiger partial charge on any atom is 0.325 e. The number of ether oxygens (including phenoxy) is 1. The predicted molar refractivity (Wildman–Crippen MR) is 113 cm³/mol. The molecule has 2 saturated heterocycles. The van der Waals surface area contributed by atoms with Crippen LogP contribution < -0.4 is 5.32 Å². The molecular weight excluding hydrogens is 419 g/mol. The van der Waals surface area contributed by atoms with E-state index in [1.54, 1.807) is 37.1 Å². The minimum absolute atomic E-state index is 0.144. The molecule has 172 valence electrons. The number of imide groups is 1. The van der Waals surface area contributed by atoms with Gasteiger partial charge in [-0.1, -0.05) is 18.2 Å². The molecule has 0 saturated carbocycles. The number of carbonyl (C=O) groups excluding carboxylic acids is 3. The van der Waals surface area contributed by atoms with Crippen LogP contribution in [0.4, 0.5) is 9.18 Å². The zero-order valence-electron chi connectivity index (χ0n) is 18.2. The van der Waals surface area contributed by atoms with Gasteiger partial charge >= 0.3 is 12.0 Å². The normalized spacial score (nSPS) is 23.7. The third kappa shape index (κ3) is 4.24.